The van der Waals surface area contributed by atoms with E-state index in [9.17, 15) is 24.5 Å². The lowest BCUT2D eigenvalue weighted by molar-refractivity contribution is -0.142. The van der Waals surface area contributed by atoms with Gasteiger partial charge in [-0.2, -0.15) is 0 Å². The molecule has 4 N–H and O–H groups in total. The molecule has 0 radical (unpaired) electrons. The van der Waals surface area contributed by atoms with Crippen LogP contribution in [0.25, 0.3) is 11.0 Å². The average Bonchev–Trinajstić information content (AvgIpc) is 3.38. The Morgan fingerprint density at radius 2 is 2.03 bits per heavy atom. The van der Waals surface area contributed by atoms with Crippen LogP contribution in [0.4, 0.5) is 0 Å². The molecule has 2 aromatic heterocycles. The Balaban J connectivity index is 1.41. The quantitative estimate of drug-likeness (QED) is 0.243. The van der Waals surface area contributed by atoms with Crippen LogP contribution in [0.1, 0.15) is 11.8 Å². The molecule has 1 aliphatic heterocycles. The van der Waals surface area contributed by atoms with Crippen molar-refractivity contribution in [1.82, 2.24) is 19.6 Å². The van der Waals surface area contributed by atoms with E-state index < -0.39 is 50.9 Å². The van der Waals surface area contributed by atoms with Crippen molar-refractivity contribution in [1.29, 1.82) is 0 Å². The highest BCUT2D eigenvalue weighted by molar-refractivity contribution is 7.50. The van der Waals surface area contributed by atoms with Crippen LogP contribution in [0.2, 0.25) is 0 Å². The average molecular weight is 492 g/mol. The number of carbonyl (C=O) groups excluding carboxylic acids is 1. The van der Waals surface area contributed by atoms with E-state index in [1.54, 1.807) is 42.7 Å². The highest BCUT2D eigenvalue weighted by atomic mass is 31.2. The van der Waals surface area contributed by atoms with Gasteiger partial charge in [0.05, 0.1) is 31.8 Å². The van der Waals surface area contributed by atoms with Gasteiger partial charge >= 0.3 is 13.7 Å². The minimum atomic E-state index is -4.52. The third-order valence-corrected chi connectivity index (χ3v) is 6.63. The van der Waals surface area contributed by atoms with Crippen molar-refractivity contribution < 1.29 is 38.5 Å². The van der Waals surface area contributed by atoms with Crippen LogP contribution in [0.5, 0.6) is 0 Å². The van der Waals surface area contributed by atoms with Gasteiger partial charge in [0, 0.05) is 6.20 Å². The zero-order chi connectivity index (χ0) is 24.3. The topological polar surface area (TPSA) is 165 Å². The van der Waals surface area contributed by atoms with E-state index in [2.05, 4.69) is 15.1 Å². The molecule has 1 unspecified atom stereocenters. The standard InChI is InChI=1S/C21H25N4O8P/c1-31-21(28)14(9-13-5-3-2-4-6-13)24-34(29,30)32-11-17-18(26)19(27)20(33-17)25-12-23-15-10-22-8-7-16(15)25/h2-8,10,12,14,17-20,26-27H,9,11H2,1H3,(H2,24,29,30)/t14-,17+,18+,19+,20+/m0/s1. The zero-order valence-electron chi connectivity index (χ0n) is 18.2. The second-order valence-corrected chi connectivity index (χ2v) is 9.33. The lowest BCUT2D eigenvalue weighted by Gasteiger charge is -2.22. The summed E-state index contributed by atoms with van der Waals surface area (Å²) in [4.78, 5) is 30.6. The Bertz CT molecular complexity index is 1180. The van der Waals surface area contributed by atoms with E-state index in [1.165, 1.54) is 18.0 Å². The number of benzene rings is 1. The Kier molecular flexibility index (Phi) is 7.39. The van der Waals surface area contributed by atoms with Crippen molar-refractivity contribution in [3.05, 3.63) is 60.7 Å². The second-order valence-electron chi connectivity index (χ2n) is 7.77. The maximum absolute atomic E-state index is 12.7. The summed E-state index contributed by atoms with van der Waals surface area (Å²) >= 11 is 0. The van der Waals surface area contributed by atoms with Gasteiger partial charge in [-0.3, -0.25) is 14.3 Å². The fourth-order valence-electron chi connectivity index (χ4n) is 3.77. The molecule has 34 heavy (non-hydrogen) atoms. The van der Waals surface area contributed by atoms with Crippen LogP contribution in [0.3, 0.4) is 0 Å². The number of aliphatic hydroxyl groups is 2. The number of pyridine rings is 1. The molecule has 0 amide bonds. The molecule has 1 fully saturated rings. The van der Waals surface area contributed by atoms with Crippen LogP contribution in [-0.2, 0) is 29.8 Å². The number of fused-ring (bicyclic) bond motifs is 1. The molecule has 1 aromatic carbocycles. The maximum atomic E-state index is 12.7. The summed E-state index contributed by atoms with van der Waals surface area (Å²) in [5.74, 6) is -0.740. The second kappa shape index (κ2) is 10.3. The van der Waals surface area contributed by atoms with Gasteiger partial charge in [-0.15, -0.1) is 0 Å². The summed E-state index contributed by atoms with van der Waals surface area (Å²) in [6.45, 7) is -0.525. The Labute approximate surface area is 194 Å². The number of carbonyl (C=O) groups is 1. The molecule has 12 nitrogen and oxygen atoms in total. The molecule has 0 spiro atoms. The van der Waals surface area contributed by atoms with Crippen molar-refractivity contribution in [2.24, 2.45) is 0 Å². The summed E-state index contributed by atoms with van der Waals surface area (Å²) in [7, 11) is -3.35. The van der Waals surface area contributed by atoms with E-state index in [-0.39, 0.29) is 6.42 Å². The van der Waals surface area contributed by atoms with Gasteiger partial charge in [-0.25, -0.2) is 14.6 Å². The highest BCUT2D eigenvalue weighted by Crippen LogP contribution is 2.40. The highest BCUT2D eigenvalue weighted by Gasteiger charge is 2.45. The number of hydrogen-bond donors (Lipinski definition) is 4. The zero-order valence-corrected chi connectivity index (χ0v) is 19.1. The minimum Gasteiger partial charge on any atom is -0.468 e. The maximum Gasteiger partial charge on any atom is 0.403 e. The number of imidazole rings is 1. The summed E-state index contributed by atoms with van der Waals surface area (Å²) < 4.78 is 29.8. The molecule has 0 aliphatic carbocycles. The molecule has 3 aromatic rings. The SMILES string of the molecule is COC(=O)[C@H](Cc1ccccc1)NP(=O)(O)OC[C@H]1O[C@@H](n2cnc3cnccc32)[C@H](O)[C@@H]1O. The number of esters is 1. The lowest BCUT2D eigenvalue weighted by Crippen LogP contribution is -2.39. The van der Waals surface area contributed by atoms with E-state index in [1.807, 2.05) is 6.07 Å². The van der Waals surface area contributed by atoms with Crippen molar-refractivity contribution in [2.75, 3.05) is 13.7 Å². The van der Waals surface area contributed by atoms with Gasteiger partial charge in [-0.1, -0.05) is 30.3 Å². The Hall–Kier alpha value is -2.70. The number of nitrogens with one attached hydrogen (secondary N) is 1. The molecular weight excluding hydrogens is 467 g/mol. The molecule has 3 heterocycles. The van der Waals surface area contributed by atoms with Crippen molar-refractivity contribution >= 4 is 24.7 Å². The van der Waals surface area contributed by atoms with Gasteiger partial charge in [0.2, 0.25) is 0 Å². The van der Waals surface area contributed by atoms with Crippen LogP contribution >= 0.6 is 7.75 Å². The molecule has 182 valence electrons. The monoisotopic (exact) mass is 492 g/mol. The molecule has 0 saturated carbocycles. The van der Waals surface area contributed by atoms with E-state index >= 15 is 0 Å². The predicted molar refractivity (Wildman–Crippen MR) is 118 cm³/mol. The Morgan fingerprint density at radius 3 is 2.76 bits per heavy atom. The first-order valence-corrected chi connectivity index (χ1v) is 12.0. The molecule has 1 aliphatic rings. The first-order valence-electron chi connectivity index (χ1n) is 10.4. The fraction of sp³-hybridized carbons (Fsp3) is 0.381. The number of ether oxygens (including phenoxy) is 2. The van der Waals surface area contributed by atoms with E-state index in [0.717, 1.165) is 5.56 Å². The third-order valence-electron chi connectivity index (χ3n) is 5.49. The number of methoxy groups -OCH3 is 1. The third kappa shape index (κ3) is 5.34. The molecule has 1 saturated heterocycles. The number of hydrogen-bond acceptors (Lipinski definition) is 9. The summed E-state index contributed by atoms with van der Waals surface area (Å²) in [5.41, 5.74) is 1.95. The van der Waals surface area contributed by atoms with Crippen LogP contribution in [-0.4, -0.2) is 73.7 Å². The van der Waals surface area contributed by atoms with Crippen LogP contribution in [0, 0.1) is 0 Å². The summed E-state index contributed by atoms with van der Waals surface area (Å²) in [6, 6.07) is 9.42. The first-order chi connectivity index (χ1) is 16.3. The van der Waals surface area contributed by atoms with Crippen molar-refractivity contribution in [3.8, 4) is 0 Å². The summed E-state index contributed by atoms with van der Waals surface area (Å²) in [5, 5.41) is 23.2. The molecule has 4 rings (SSSR count). The number of aliphatic hydroxyl groups excluding tert-OH is 2. The van der Waals surface area contributed by atoms with Gasteiger partial charge in [0.15, 0.2) is 6.23 Å². The fourth-order valence-corrected chi connectivity index (χ4v) is 4.78. The minimum absolute atomic E-state index is 0.0906. The van der Waals surface area contributed by atoms with Gasteiger partial charge in [0.25, 0.3) is 0 Å². The number of nitrogens with zero attached hydrogens (tertiary/aromatic N) is 3. The molecule has 0 bridgehead atoms. The van der Waals surface area contributed by atoms with Crippen LogP contribution < -0.4 is 5.09 Å². The smallest absolute Gasteiger partial charge is 0.403 e. The number of aromatic nitrogens is 3. The largest absolute Gasteiger partial charge is 0.468 e. The van der Waals surface area contributed by atoms with E-state index in [0.29, 0.717) is 11.0 Å². The van der Waals surface area contributed by atoms with Crippen LogP contribution in [0.15, 0.2) is 55.1 Å². The predicted octanol–water partition coefficient (Wildman–Crippen LogP) is 0.541. The van der Waals surface area contributed by atoms with Gasteiger partial charge in [0.1, 0.15) is 29.9 Å². The lowest BCUT2D eigenvalue weighted by atomic mass is 10.1. The first kappa shape index (κ1) is 24.4. The normalized spacial score (nSPS) is 25.2. The molecular formula is C21H25N4O8P. The number of rotatable bonds is 9. The van der Waals surface area contributed by atoms with Crippen molar-refractivity contribution in [2.45, 2.75) is 37.0 Å². The molecule has 6 atom stereocenters. The Morgan fingerprint density at radius 1 is 1.26 bits per heavy atom. The van der Waals surface area contributed by atoms with Crippen molar-refractivity contribution in [3.63, 3.8) is 0 Å². The summed E-state index contributed by atoms with van der Waals surface area (Å²) in [6.07, 6.45) is -0.219. The molecule has 13 heteroatoms. The van der Waals surface area contributed by atoms with Gasteiger partial charge in [-0.05, 0) is 18.1 Å². The van der Waals surface area contributed by atoms with Gasteiger partial charge < -0.3 is 29.1 Å². The van der Waals surface area contributed by atoms with E-state index in [4.69, 9.17) is 14.0 Å².